The van der Waals surface area contributed by atoms with Crippen LogP contribution in [0.15, 0.2) is 52.3 Å². The van der Waals surface area contributed by atoms with Gasteiger partial charge in [-0.05, 0) is 49.1 Å². The second-order valence-electron chi connectivity index (χ2n) is 7.88. The Balaban J connectivity index is 1.61. The molecule has 4 rings (SSSR count). The van der Waals surface area contributed by atoms with E-state index in [2.05, 4.69) is 11.4 Å². The number of sulfonamides is 1. The average molecular weight is 461 g/mol. The third-order valence-electron chi connectivity index (χ3n) is 5.88. The van der Waals surface area contributed by atoms with Crippen LogP contribution in [0.25, 0.3) is 0 Å². The monoisotopic (exact) mass is 460 g/mol. The molecule has 1 N–H and O–H groups in total. The quantitative estimate of drug-likeness (QED) is 0.723. The van der Waals surface area contributed by atoms with Crippen molar-refractivity contribution < 1.29 is 17.9 Å². The van der Waals surface area contributed by atoms with Crippen LogP contribution in [0, 0.1) is 0 Å². The maximum Gasteiger partial charge on any atom is 0.255 e. The first-order valence-electron chi connectivity index (χ1n) is 10.7. The van der Waals surface area contributed by atoms with Gasteiger partial charge in [-0.25, -0.2) is 8.42 Å². The lowest BCUT2D eigenvalue weighted by atomic mass is 10.0. The van der Waals surface area contributed by atoms with Crippen molar-refractivity contribution >= 4 is 27.7 Å². The molecule has 2 aromatic carbocycles. The highest BCUT2D eigenvalue weighted by atomic mass is 32.2. The Morgan fingerprint density at radius 1 is 1.10 bits per heavy atom. The average Bonchev–Trinajstić information content (AvgIpc) is 3.09. The van der Waals surface area contributed by atoms with Crippen LogP contribution in [-0.4, -0.2) is 44.6 Å². The van der Waals surface area contributed by atoms with Crippen molar-refractivity contribution in [3.8, 4) is 5.75 Å². The summed E-state index contributed by atoms with van der Waals surface area (Å²) in [5, 5.41) is 3.09. The smallest absolute Gasteiger partial charge is 0.255 e. The van der Waals surface area contributed by atoms with Gasteiger partial charge in [-0.1, -0.05) is 31.0 Å². The fourth-order valence-electron chi connectivity index (χ4n) is 4.18. The Hall–Kier alpha value is -2.03. The van der Waals surface area contributed by atoms with E-state index >= 15 is 0 Å². The molecule has 1 unspecified atom stereocenters. The highest BCUT2D eigenvalue weighted by Gasteiger charge is 2.28. The van der Waals surface area contributed by atoms with E-state index in [4.69, 9.17) is 4.74 Å². The van der Waals surface area contributed by atoms with E-state index in [0.717, 1.165) is 43.4 Å². The standard InChI is InChI=1S/C23H28N2O4S2/c1-29-21-11-10-17(31(27,28)25-13-6-2-3-7-14-25)16-19(21)23(26)24-20-12-15-30-22-9-5-4-8-18(20)22/h4-5,8-11,16,20H,2-3,6-7,12-15H2,1H3,(H,24,26). The molecule has 6 nitrogen and oxygen atoms in total. The third kappa shape index (κ3) is 4.76. The fourth-order valence-corrected chi connectivity index (χ4v) is 6.85. The molecule has 0 aliphatic carbocycles. The predicted octanol–water partition coefficient (Wildman–Crippen LogP) is 4.23. The number of ether oxygens (including phenoxy) is 1. The lowest BCUT2D eigenvalue weighted by Gasteiger charge is -2.26. The van der Waals surface area contributed by atoms with Gasteiger partial charge in [0, 0.05) is 23.7 Å². The molecule has 2 aliphatic rings. The first kappa shape index (κ1) is 22.2. The minimum atomic E-state index is -3.65. The predicted molar refractivity (Wildman–Crippen MR) is 122 cm³/mol. The lowest BCUT2D eigenvalue weighted by molar-refractivity contribution is 0.0931. The molecule has 1 atom stereocenters. The number of thioether (sulfide) groups is 1. The Bertz CT molecular complexity index is 1050. The summed E-state index contributed by atoms with van der Waals surface area (Å²) < 4.78 is 33.4. The van der Waals surface area contributed by atoms with Crippen molar-refractivity contribution in [2.75, 3.05) is 26.0 Å². The van der Waals surface area contributed by atoms with E-state index in [1.807, 2.05) is 18.2 Å². The molecule has 2 heterocycles. The van der Waals surface area contributed by atoms with Gasteiger partial charge in [0.05, 0.1) is 23.6 Å². The molecule has 1 fully saturated rings. The first-order chi connectivity index (χ1) is 15.0. The van der Waals surface area contributed by atoms with E-state index in [1.165, 1.54) is 28.4 Å². The molecule has 31 heavy (non-hydrogen) atoms. The topological polar surface area (TPSA) is 75.7 Å². The number of hydrogen-bond acceptors (Lipinski definition) is 5. The minimum Gasteiger partial charge on any atom is -0.496 e. The number of carbonyl (C=O) groups is 1. The van der Waals surface area contributed by atoms with Gasteiger partial charge < -0.3 is 10.1 Å². The number of benzene rings is 2. The summed E-state index contributed by atoms with van der Waals surface area (Å²) >= 11 is 1.79. The SMILES string of the molecule is COc1ccc(S(=O)(=O)N2CCCCCC2)cc1C(=O)NC1CCSc2ccccc21. The summed E-state index contributed by atoms with van der Waals surface area (Å²) in [5.41, 5.74) is 1.34. The summed E-state index contributed by atoms with van der Waals surface area (Å²) in [6.07, 6.45) is 4.64. The van der Waals surface area contributed by atoms with Crippen LogP contribution in [0.4, 0.5) is 0 Å². The number of methoxy groups -OCH3 is 1. The van der Waals surface area contributed by atoms with Gasteiger partial charge >= 0.3 is 0 Å². The summed E-state index contributed by atoms with van der Waals surface area (Å²) in [7, 11) is -2.17. The van der Waals surface area contributed by atoms with Gasteiger partial charge in [0.1, 0.15) is 5.75 Å². The molecular formula is C23H28N2O4S2. The summed E-state index contributed by atoms with van der Waals surface area (Å²) in [5.74, 6) is 0.963. The van der Waals surface area contributed by atoms with Crippen LogP contribution in [-0.2, 0) is 10.0 Å². The maximum atomic E-state index is 13.2. The maximum absolute atomic E-state index is 13.2. The van der Waals surface area contributed by atoms with Crippen LogP contribution in [0.1, 0.15) is 54.1 Å². The molecule has 1 saturated heterocycles. The molecule has 0 spiro atoms. The van der Waals surface area contributed by atoms with Crippen molar-refractivity contribution in [1.82, 2.24) is 9.62 Å². The van der Waals surface area contributed by atoms with Crippen molar-refractivity contribution in [3.05, 3.63) is 53.6 Å². The zero-order valence-electron chi connectivity index (χ0n) is 17.7. The fraction of sp³-hybridized carbons (Fsp3) is 0.435. The highest BCUT2D eigenvalue weighted by Crippen LogP contribution is 2.36. The van der Waals surface area contributed by atoms with E-state index in [-0.39, 0.29) is 22.4 Å². The molecule has 1 amide bonds. The van der Waals surface area contributed by atoms with Crippen LogP contribution in [0.2, 0.25) is 0 Å². The molecule has 0 bridgehead atoms. The van der Waals surface area contributed by atoms with Crippen LogP contribution >= 0.6 is 11.8 Å². The largest absolute Gasteiger partial charge is 0.496 e. The van der Waals surface area contributed by atoms with Crippen molar-refractivity contribution in [3.63, 3.8) is 0 Å². The Morgan fingerprint density at radius 2 is 1.84 bits per heavy atom. The van der Waals surface area contributed by atoms with Gasteiger partial charge in [-0.15, -0.1) is 11.8 Å². The van der Waals surface area contributed by atoms with Gasteiger partial charge in [-0.2, -0.15) is 4.31 Å². The molecule has 0 saturated carbocycles. The molecular weight excluding hydrogens is 432 g/mol. The van der Waals surface area contributed by atoms with E-state index in [0.29, 0.717) is 18.8 Å². The number of hydrogen-bond donors (Lipinski definition) is 1. The Morgan fingerprint density at radius 3 is 2.58 bits per heavy atom. The molecule has 0 aromatic heterocycles. The minimum absolute atomic E-state index is 0.111. The van der Waals surface area contributed by atoms with E-state index in [1.54, 1.807) is 17.8 Å². The number of amides is 1. The van der Waals surface area contributed by atoms with Gasteiger partial charge in [-0.3, -0.25) is 4.79 Å². The number of fused-ring (bicyclic) bond motifs is 1. The van der Waals surface area contributed by atoms with E-state index in [9.17, 15) is 13.2 Å². The summed E-state index contributed by atoms with van der Waals surface area (Å²) in [6.45, 7) is 1.04. The molecule has 2 aromatic rings. The first-order valence-corrected chi connectivity index (χ1v) is 13.1. The van der Waals surface area contributed by atoms with Crippen LogP contribution in [0.3, 0.4) is 0 Å². The van der Waals surface area contributed by atoms with E-state index < -0.39 is 10.0 Å². The highest BCUT2D eigenvalue weighted by molar-refractivity contribution is 7.99. The van der Waals surface area contributed by atoms with Crippen LogP contribution in [0.5, 0.6) is 5.75 Å². The van der Waals surface area contributed by atoms with Crippen molar-refractivity contribution in [2.24, 2.45) is 0 Å². The van der Waals surface area contributed by atoms with Gasteiger partial charge in [0.25, 0.3) is 5.91 Å². The molecule has 2 aliphatic heterocycles. The normalized spacial score (nSPS) is 19.8. The third-order valence-corrected chi connectivity index (χ3v) is 8.90. The second kappa shape index (κ2) is 9.63. The second-order valence-corrected chi connectivity index (χ2v) is 11.0. The summed E-state index contributed by atoms with van der Waals surface area (Å²) in [4.78, 5) is 14.5. The van der Waals surface area contributed by atoms with Crippen LogP contribution < -0.4 is 10.1 Å². The van der Waals surface area contributed by atoms with Gasteiger partial charge in [0.15, 0.2) is 0 Å². The number of carbonyl (C=O) groups excluding carboxylic acids is 1. The van der Waals surface area contributed by atoms with Crippen molar-refractivity contribution in [1.29, 1.82) is 0 Å². The number of nitrogens with zero attached hydrogens (tertiary/aromatic N) is 1. The van der Waals surface area contributed by atoms with Gasteiger partial charge in [0.2, 0.25) is 10.0 Å². The molecule has 0 radical (unpaired) electrons. The Labute approximate surface area is 188 Å². The number of nitrogens with one attached hydrogen (secondary N) is 1. The number of rotatable bonds is 5. The summed E-state index contributed by atoms with van der Waals surface area (Å²) in [6, 6.07) is 12.5. The zero-order chi connectivity index (χ0) is 21.8. The molecule has 8 heteroatoms. The Kier molecular flexibility index (Phi) is 6.89. The lowest BCUT2D eigenvalue weighted by Crippen LogP contribution is -2.33. The van der Waals surface area contributed by atoms with Crippen molar-refractivity contribution in [2.45, 2.75) is 47.9 Å². The molecule has 166 valence electrons. The zero-order valence-corrected chi connectivity index (χ0v) is 19.3.